The molecule has 0 bridgehead atoms. The number of piperazine rings is 1. The topological polar surface area (TPSA) is 38.7 Å². The van der Waals surface area contributed by atoms with Crippen LogP contribution in [0.1, 0.15) is 26.2 Å². The van der Waals surface area contributed by atoms with Crippen LogP contribution in [0.2, 0.25) is 0 Å². The summed E-state index contributed by atoms with van der Waals surface area (Å²) in [6.07, 6.45) is -1.28. The molecule has 1 saturated carbocycles. The fourth-order valence-electron chi connectivity index (χ4n) is 3.68. The first kappa shape index (κ1) is 17.0. The highest BCUT2D eigenvalue weighted by Crippen LogP contribution is 2.33. The van der Waals surface area contributed by atoms with Gasteiger partial charge in [0.15, 0.2) is 0 Å². The highest BCUT2D eigenvalue weighted by molar-refractivity contribution is 4.99. The van der Waals surface area contributed by atoms with Crippen molar-refractivity contribution in [3.8, 4) is 0 Å². The Bertz CT molecular complexity index is 332. The molecule has 2 atom stereocenters. The Morgan fingerprint density at radius 1 is 1.24 bits per heavy atom. The lowest BCUT2D eigenvalue weighted by atomic mass is 9.98. The molecule has 2 unspecified atom stereocenters. The summed E-state index contributed by atoms with van der Waals surface area (Å²) in [5, 5.41) is 13.0. The summed E-state index contributed by atoms with van der Waals surface area (Å²) in [6, 6.07) is 0.379. The second kappa shape index (κ2) is 6.81. The first-order valence-electron chi connectivity index (χ1n) is 7.76. The molecule has 4 nitrogen and oxygen atoms in total. The Balaban J connectivity index is 1.81. The molecule has 0 aromatic heterocycles. The first-order valence-corrected chi connectivity index (χ1v) is 7.76. The molecule has 1 aliphatic carbocycles. The number of aliphatic hydroxyl groups excluding tert-OH is 1. The van der Waals surface area contributed by atoms with Crippen LogP contribution < -0.4 is 5.32 Å². The number of hydrogen-bond acceptors (Lipinski definition) is 4. The van der Waals surface area contributed by atoms with Crippen LogP contribution >= 0.6 is 0 Å². The number of aliphatic hydroxyl groups is 1. The molecule has 7 heteroatoms. The zero-order valence-corrected chi connectivity index (χ0v) is 12.6. The lowest BCUT2D eigenvalue weighted by Gasteiger charge is -2.39. The number of likely N-dealkylation sites (N-methyl/N-ethyl adjacent to an activating group) is 1. The van der Waals surface area contributed by atoms with E-state index in [9.17, 15) is 18.3 Å². The molecule has 0 radical (unpaired) electrons. The van der Waals surface area contributed by atoms with Crippen LogP contribution in [0.3, 0.4) is 0 Å². The van der Waals surface area contributed by atoms with E-state index < -0.39 is 12.7 Å². The molecule has 1 aliphatic heterocycles. The smallest absolute Gasteiger partial charge is 0.394 e. The molecule has 21 heavy (non-hydrogen) atoms. The predicted molar refractivity (Wildman–Crippen MR) is 75.2 cm³/mol. The summed E-state index contributed by atoms with van der Waals surface area (Å²) in [6.45, 7) is 4.51. The van der Waals surface area contributed by atoms with E-state index in [4.69, 9.17) is 0 Å². The van der Waals surface area contributed by atoms with E-state index in [-0.39, 0.29) is 12.1 Å². The van der Waals surface area contributed by atoms with E-state index in [0.717, 1.165) is 25.8 Å². The van der Waals surface area contributed by atoms with Gasteiger partial charge in [-0.2, -0.15) is 13.2 Å². The molecule has 124 valence electrons. The summed E-state index contributed by atoms with van der Waals surface area (Å²) in [5.74, 6) is 0. The summed E-state index contributed by atoms with van der Waals surface area (Å²) < 4.78 is 37.1. The van der Waals surface area contributed by atoms with Crippen molar-refractivity contribution in [3.63, 3.8) is 0 Å². The highest BCUT2D eigenvalue weighted by atomic mass is 19.4. The Kier molecular flexibility index (Phi) is 5.51. The molecule has 0 spiro atoms. The lowest BCUT2D eigenvalue weighted by molar-refractivity contribution is -0.149. The number of hydrogen-bond donors (Lipinski definition) is 2. The molecule has 2 rings (SSSR count). The average Bonchev–Trinajstić information content (AvgIpc) is 2.83. The van der Waals surface area contributed by atoms with Crippen molar-refractivity contribution in [2.45, 2.75) is 43.9 Å². The van der Waals surface area contributed by atoms with Crippen LogP contribution in [-0.4, -0.2) is 78.5 Å². The van der Waals surface area contributed by atoms with E-state index in [0.29, 0.717) is 32.2 Å². The van der Waals surface area contributed by atoms with Crippen LogP contribution in [-0.2, 0) is 0 Å². The summed E-state index contributed by atoms with van der Waals surface area (Å²) in [4.78, 5) is 3.77. The number of nitrogens with zero attached hydrogens (tertiary/aromatic N) is 2. The Labute approximate surface area is 124 Å². The van der Waals surface area contributed by atoms with Gasteiger partial charge in [0.25, 0.3) is 0 Å². The molecule has 2 fully saturated rings. The van der Waals surface area contributed by atoms with Gasteiger partial charge in [0, 0.05) is 37.8 Å². The predicted octanol–water partition coefficient (Wildman–Crippen LogP) is 1.06. The van der Waals surface area contributed by atoms with Gasteiger partial charge in [0.1, 0.15) is 0 Å². The van der Waals surface area contributed by atoms with Crippen LogP contribution in [0.5, 0.6) is 0 Å². The summed E-state index contributed by atoms with van der Waals surface area (Å²) in [7, 11) is 0. The molecule has 1 heterocycles. The number of alkyl halides is 3. The molecule has 0 amide bonds. The van der Waals surface area contributed by atoms with Gasteiger partial charge in [-0.25, -0.2) is 0 Å². The van der Waals surface area contributed by atoms with Gasteiger partial charge in [-0.05, 0) is 25.8 Å². The zero-order valence-electron chi connectivity index (χ0n) is 12.6. The van der Waals surface area contributed by atoms with E-state index in [2.05, 4.69) is 10.2 Å². The molecular weight excluding hydrogens is 283 g/mol. The quantitative estimate of drug-likeness (QED) is 0.796. The maximum absolute atomic E-state index is 12.4. The third kappa shape index (κ3) is 4.55. The maximum atomic E-state index is 12.4. The van der Waals surface area contributed by atoms with Gasteiger partial charge in [0.2, 0.25) is 0 Å². The number of halogens is 3. The van der Waals surface area contributed by atoms with Crippen LogP contribution in [0, 0.1) is 0 Å². The normalized spacial score (nSPS) is 32.7. The van der Waals surface area contributed by atoms with E-state index in [1.54, 1.807) is 0 Å². The zero-order chi connectivity index (χ0) is 15.5. The minimum atomic E-state index is -4.10. The van der Waals surface area contributed by atoms with Crippen molar-refractivity contribution < 1.29 is 18.3 Å². The molecule has 1 saturated heterocycles. The fourth-order valence-corrected chi connectivity index (χ4v) is 3.68. The maximum Gasteiger partial charge on any atom is 0.401 e. The fraction of sp³-hybridized carbons (Fsp3) is 1.00. The van der Waals surface area contributed by atoms with E-state index in [1.165, 1.54) is 4.90 Å². The van der Waals surface area contributed by atoms with E-state index >= 15 is 0 Å². The van der Waals surface area contributed by atoms with Gasteiger partial charge < -0.3 is 10.4 Å². The van der Waals surface area contributed by atoms with Crippen LogP contribution in [0.4, 0.5) is 13.2 Å². The minimum absolute atomic E-state index is 0.130. The minimum Gasteiger partial charge on any atom is -0.394 e. The third-order valence-electron chi connectivity index (χ3n) is 4.76. The summed E-state index contributed by atoms with van der Waals surface area (Å²) >= 11 is 0. The third-order valence-corrected chi connectivity index (χ3v) is 4.76. The van der Waals surface area contributed by atoms with Crippen molar-refractivity contribution in [3.05, 3.63) is 0 Å². The second-order valence-electron chi connectivity index (χ2n) is 6.29. The van der Waals surface area contributed by atoms with Gasteiger partial charge in [-0.15, -0.1) is 0 Å². The lowest BCUT2D eigenvalue weighted by Crippen LogP contribution is -2.53. The van der Waals surface area contributed by atoms with Crippen molar-refractivity contribution in [1.29, 1.82) is 0 Å². The Hall–Kier alpha value is -0.370. The SMILES string of the molecule is CCNC1(CO)CCC(N2CCN(CC(F)(F)F)CC2)C1. The van der Waals surface area contributed by atoms with E-state index in [1.807, 2.05) is 6.92 Å². The van der Waals surface area contributed by atoms with Crippen molar-refractivity contribution in [2.75, 3.05) is 45.9 Å². The molecular formula is C14H26F3N3O. The van der Waals surface area contributed by atoms with Crippen LogP contribution in [0.15, 0.2) is 0 Å². The number of nitrogens with one attached hydrogen (secondary N) is 1. The monoisotopic (exact) mass is 309 g/mol. The van der Waals surface area contributed by atoms with Gasteiger partial charge in [-0.3, -0.25) is 9.80 Å². The van der Waals surface area contributed by atoms with Gasteiger partial charge in [-0.1, -0.05) is 6.92 Å². The molecule has 2 aliphatic rings. The van der Waals surface area contributed by atoms with Crippen molar-refractivity contribution in [2.24, 2.45) is 0 Å². The van der Waals surface area contributed by atoms with Gasteiger partial charge >= 0.3 is 6.18 Å². The number of rotatable bonds is 5. The average molecular weight is 309 g/mol. The first-order chi connectivity index (χ1) is 9.87. The highest BCUT2D eigenvalue weighted by Gasteiger charge is 2.41. The largest absolute Gasteiger partial charge is 0.401 e. The van der Waals surface area contributed by atoms with Crippen LogP contribution in [0.25, 0.3) is 0 Å². The summed E-state index contributed by atoms with van der Waals surface area (Å²) in [5.41, 5.74) is -0.192. The molecule has 0 aromatic rings. The van der Waals surface area contributed by atoms with Gasteiger partial charge in [0.05, 0.1) is 13.2 Å². The molecule has 0 aromatic carbocycles. The van der Waals surface area contributed by atoms with Crippen molar-refractivity contribution in [1.82, 2.24) is 15.1 Å². The Morgan fingerprint density at radius 2 is 1.90 bits per heavy atom. The van der Waals surface area contributed by atoms with Crippen molar-refractivity contribution >= 4 is 0 Å². The standard InChI is InChI=1S/C14H26F3N3O/c1-2-18-13(11-21)4-3-12(9-13)20-7-5-19(6-8-20)10-14(15,16)17/h12,18,21H,2-11H2,1H3. The molecule has 2 N–H and O–H groups in total. The second-order valence-corrected chi connectivity index (χ2v) is 6.29. The Morgan fingerprint density at radius 3 is 2.43 bits per heavy atom.